The molecule has 0 aliphatic heterocycles. The van der Waals surface area contributed by atoms with Crippen LogP contribution in [0, 0.1) is 13.8 Å². The molecule has 0 spiro atoms. The van der Waals surface area contributed by atoms with Crippen LogP contribution in [0.25, 0.3) is 6.08 Å². The topological polar surface area (TPSA) is 85.3 Å². The Morgan fingerprint density at radius 1 is 1.40 bits per heavy atom. The van der Waals surface area contributed by atoms with Crippen molar-refractivity contribution >= 4 is 34.2 Å². The van der Waals surface area contributed by atoms with Gasteiger partial charge in [0.05, 0.1) is 11.8 Å². The Balaban J connectivity index is 2.16. The second-order valence-corrected chi connectivity index (χ2v) is 5.41. The van der Waals surface area contributed by atoms with Gasteiger partial charge in [0.1, 0.15) is 10.8 Å². The summed E-state index contributed by atoms with van der Waals surface area (Å²) in [4.78, 5) is 24.2. The summed E-state index contributed by atoms with van der Waals surface area (Å²) >= 11 is 1.33. The molecular weight excluding hydrogens is 276 g/mol. The van der Waals surface area contributed by atoms with Gasteiger partial charge < -0.3 is 15.5 Å². The summed E-state index contributed by atoms with van der Waals surface area (Å²) < 4.78 is 5.08. The molecule has 2 heterocycles. The van der Waals surface area contributed by atoms with Gasteiger partial charge in [0, 0.05) is 11.0 Å². The number of nitrogens with two attached hydrogens (primary N) is 1. The molecule has 0 fully saturated rings. The van der Waals surface area contributed by atoms with Gasteiger partial charge in [-0.2, -0.15) is 0 Å². The first kappa shape index (κ1) is 14.1. The summed E-state index contributed by atoms with van der Waals surface area (Å²) in [5.41, 5.74) is 6.51. The van der Waals surface area contributed by atoms with Crippen LogP contribution in [0.15, 0.2) is 28.9 Å². The molecule has 6 heteroatoms. The quantitative estimate of drug-likeness (QED) is 0.849. The van der Waals surface area contributed by atoms with Gasteiger partial charge >= 0.3 is 0 Å². The minimum Gasteiger partial charge on any atom is -0.465 e. The van der Waals surface area contributed by atoms with E-state index < -0.39 is 5.91 Å². The van der Waals surface area contributed by atoms with E-state index in [2.05, 4.69) is 5.32 Å². The molecule has 0 aliphatic rings. The Bertz CT molecular complexity index is 669. The molecule has 3 N–H and O–H groups in total. The normalized spacial score (nSPS) is 10.9. The van der Waals surface area contributed by atoms with E-state index in [-0.39, 0.29) is 5.91 Å². The largest absolute Gasteiger partial charge is 0.465 e. The van der Waals surface area contributed by atoms with Crippen molar-refractivity contribution < 1.29 is 14.0 Å². The Hall–Kier alpha value is -2.34. The Kier molecular flexibility index (Phi) is 4.05. The lowest BCUT2D eigenvalue weighted by atomic mass is 10.1. The van der Waals surface area contributed by atoms with E-state index in [9.17, 15) is 9.59 Å². The monoisotopic (exact) mass is 290 g/mol. The zero-order valence-electron chi connectivity index (χ0n) is 11.1. The highest BCUT2D eigenvalue weighted by atomic mass is 32.1. The van der Waals surface area contributed by atoms with Crippen LogP contribution in [0.5, 0.6) is 0 Å². The molecule has 20 heavy (non-hydrogen) atoms. The molecule has 2 amide bonds. The van der Waals surface area contributed by atoms with Gasteiger partial charge in [0.25, 0.3) is 5.91 Å². The zero-order valence-corrected chi connectivity index (χ0v) is 11.9. The second-order valence-electron chi connectivity index (χ2n) is 4.19. The molecule has 2 rings (SSSR count). The first-order valence-electron chi connectivity index (χ1n) is 5.91. The highest BCUT2D eigenvalue weighted by Crippen LogP contribution is 2.31. The van der Waals surface area contributed by atoms with Crippen LogP contribution >= 0.6 is 11.3 Å². The summed E-state index contributed by atoms with van der Waals surface area (Å²) in [7, 11) is 0. The first-order chi connectivity index (χ1) is 9.49. The van der Waals surface area contributed by atoms with Crippen LogP contribution in [0.2, 0.25) is 0 Å². The molecule has 0 atom stereocenters. The van der Waals surface area contributed by atoms with Gasteiger partial charge in [-0.05, 0) is 37.6 Å². The fraction of sp³-hybridized carbons (Fsp3) is 0.143. The number of primary amides is 1. The van der Waals surface area contributed by atoms with Crippen molar-refractivity contribution in [1.29, 1.82) is 0 Å². The first-order valence-corrected chi connectivity index (χ1v) is 6.73. The van der Waals surface area contributed by atoms with Crippen molar-refractivity contribution in [2.24, 2.45) is 5.73 Å². The molecule has 0 aromatic carbocycles. The zero-order chi connectivity index (χ0) is 14.7. The standard InChI is InChI=1S/C14H14N2O3S/c1-8-9(2)20-14(12(8)13(15)18)16-11(17)6-5-10-4-3-7-19-10/h3-7H,1-2H3,(H2,15,18)(H,16,17)/b6-5-. The Morgan fingerprint density at radius 2 is 2.15 bits per heavy atom. The molecule has 2 aromatic rings. The third kappa shape index (κ3) is 2.97. The van der Waals surface area contributed by atoms with Crippen LogP contribution in [-0.2, 0) is 4.79 Å². The maximum Gasteiger partial charge on any atom is 0.251 e. The van der Waals surface area contributed by atoms with Gasteiger partial charge in [0.15, 0.2) is 0 Å². The molecule has 0 bridgehead atoms. The van der Waals surface area contributed by atoms with Gasteiger partial charge in [-0.25, -0.2) is 0 Å². The van der Waals surface area contributed by atoms with E-state index in [0.717, 1.165) is 10.4 Å². The van der Waals surface area contributed by atoms with Crippen LogP contribution in [0.4, 0.5) is 5.00 Å². The Labute approximate surface area is 120 Å². The predicted octanol–water partition coefficient (Wildman–Crippen LogP) is 2.71. The van der Waals surface area contributed by atoms with E-state index in [1.54, 1.807) is 25.1 Å². The van der Waals surface area contributed by atoms with E-state index in [1.807, 2.05) is 6.92 Å². The SMILES string of the molecule is Cc1sc(NC(=O)/C=C\c2ccco2)c(C(N)=O)c1C. The third-order valence-corrected chi connectivity index (χ3v) is 3.93. The summed E-state index contributed by atoms with van der Waals surface area (Å²) in [6.07, 6.45) is 4.41. The molecule has 5 nitrogen and oxygen atoms in total. The number of rotatable bonds is 4. The van der Waals surface area contributed by atoms with E-state index in [4.69, 9.17) is 10.2 Å². The minimum atomic E-state index is -0.544. The third-order valence-electron chi connectivity index (χ3n) is 2.81. The summed E-state index contributed by atoms with van der Waals surface area (Å²) in [5.74, 6) is -0.309. The number of amides is 2. The summed E-state index contributed by atoms with van der Waals surface area (Å²) in [6, 6.07) is 3.47. The van der Waals surface area contributed by atoms with Gasteiger partial charge in [-0.3, -0.25) is 9.59 Å². The fourth-order valence-corrected chi connectivity index (χ4v) is 2.78. The van der Waals surface area contributed by atoms with E-state index in [1.165, 1.54) is 23.7 Å². The number of hydrogen-bond donors (Lipinski definition) is 2. The van der Waals surface area contributed by atoms with Crippen molar-refractivity contribution in [2.45, 2.75) is 13.8 Å². The number of hydrogen-bond acceptors (Lipinski definition) is 4. The number of furan rings is 1. The van der Waals surface area contributed by atoms with E-state index >= 15 is 0 Å². The lowest BCUT2D eigenvalue weighted by molar-refractivity contribution is -0.111. The molecule has 104 valence electrons. The molecule has 0 radical (unpaired) electrons. The van der Waals surface area contributed by atoms with Crippen molar-refractivity contribution in [3.63, 3.8) is 0 Å². The number of nitrogens with one attached hydrogen (secondary N) is 1. The van der Waals surface area contributed by atoms with Crippen molar-refractivity contribution in [1.82, 2.24) is 0 Å². The number of anilines is 1. The molecular formula is C14H14N2O3S. The maximum absolute atomic E-state index is 11.8. The van der Waals surface area contributed by atoms with E-state index in [0.29, 0.717) is 16.3 Å². The molecule has 0 saturated carbocycles. The average Bonchev–Trinajstić information content (AvgIpc) is 2.96. The highest BCUT2D eigenvalue weighted by molar-refractivity contribution is 7.16. The molecule has 0 saturated heterocycles. The van der Waals surface area contributed by atoms with Crippen LogP contribution in [0.3, 0.4) is 0 Å². The van der Waals surface area contributed by atoms with Gasteiger partial charge in [0.2, 0.25) is 5.91 Å². The smallest absolute Gasteiger partial charge is 0.251 e. The minimum absolute atomic E-state index is 0.342. The Morgan fingerprint density at radius 3 is 2.75 bits per heavy atom. The number of carbonyl (C=O) groups is 2. The van der Waals surface area contributed by atoms with Crippen molar-refractivity contribution in [3.8, 4) is 0 Å². The molecule has 0 unspecified atom stereocenters. The highest BCUT2D eigenvalue weighted by Gasteiger charge is 2.18. The maximum atomic E-state index is 11.8. The molecule has 2 aromatic heterocycles. The fourth-order valence-electron chi connectivity index (χ4n) is 1.71. The van der Waals surface area contributed by atoms with Gasteiger partial charge in [-0.1, -0.05) is 0 Å². The number of carbonyl (C=O) groups excluding carboxylic acids is 2. The second kappa shape index (κ2) is 5.75. The summed E-state index contributed by atoms with van der Waals surface area (Å²) in [6.45, 7) is 3.68. The number of aryl methyl sites for hydroxylation is 1. The van der Waals surface area contributed by atoms with Gasteiger partial charge in [-0.15, -0.1) is 11.3 Å². The van der Waals surface area contributed by atoms with Crippen molar-refractivity contribution in [2.75, 3.05) is 5.32 Å². The predicted molar refractivity (Wildman–Crippen MR) is 78.7 cm³/mol. The van der Waals surface area contributed by atoms with Crippen molar-refractivity contribution in [3.05, 3.63) is 46.2 Å². The lowest BCUT2D eigenvalue weighted by Gasteiger charge is -2.01. The number of thiophene rings is 1. The lowest BCUT2D eigenvalue weighted by Crippen LogP contribution is -2.16. The van der Waals surface area contributed by atoms with Crippen LogP contribution in [-0.4, -0.2) is 11.8 Å². The van der Waals surface area contributed by atoms with Crippen LogP contribution in [0.1, 0.15) is 26.6 Å². The average molecular weight is 290 g/mol. The molecule has 0 aliphatic carbocycles. The summed E-state index contributed by atoms with van der Waals surface area (Å²) in [5, 5.41) is 3.14. The van der Waals surface area contributed by atoms with Crippen LogP contribution < -0.4 is 11.1 Å².